The Labute approximate surface area is 76.6 Å². The van der Waals surface area contributed by atoms with Crippen LogP contribution in [0.4, 0.5) is 0 Å². The van der Waals surface area contributed by atoms with E-state index in [4.69, 9.17) is 15.2 Å². The van der Waals surface area contributed by atoms with Crippen molar-refractivity contribution in [3.05, 3.63) is 16.4 Å². The molecule has 0 aliphatic rings. The SMILES string of the molecule is CCC(OC(C)=O)/C([N+]#N)=C(/C)O. The Balaban J connectivity index is 4.67. The van der Waals surface area contributed by atoms with E-state index < -0.39 is 12.1 Å². The fraction of sp³-hybridized carbons (Fsp3) is 0.625. The lowest BCUT2D eigenvalue weighted by Crippen LogP contribution is -2.17. The fourth-order valence-electron chi connectivity index (χ4n) is 0.903. The molecule has 0 bridgehead atoms. The van der Waals surface area contributed by atoms with Crippen LogP contribution in [-0.2, 0) is 9.53 Å². The Hall–Kier alpha value is -1.57. The summed E-state index contributed by atoms with van der Waals surface area (Å²) in [5, 5.41) is 17.6. The van der Waals surface area contributed by atoms with Crippen LogP contribution in [0.25, 0.3) is 4.98 Å². The highest BCUT2D eigenvalue weighted by Gasteiger charge is 2.30. The minimum atomic E-state index is -0.688. The number of allylic oxidation sites excluding steroid dienone is 1. The van der Waals surface area contributed by atoms with Crippen molar-refractivity contribution in [2.75, 3.05) is 0 Å². The number of aliphatic hydroxyl groups is 1. The normalized spacial score (nSPS) is 14.0. The summed E-state index contributed by atoms with van der Waals surface area (Å²) in [6, 6.07) is 0. The van der Waals surface area contributed by atoms with Crippen LogP contribution in [0.2, 0.25) is 0 Å². The van der Waals surface area contributed by atoms with E-state index in [1.54, 1.807) is 6.92 Å². The zero-order chi connectivity index (χ0) is 10.4. The molecule has 0 rings (SSSR count). The third-order valence-electron chi connectivity index (χ3n) is 1.46. The Kier molecular flexibility index (Phi) is 4.52. The molecule has 5 nitrogen and oxygen atoms in total. The molecule has 1 atom stereocenters. The maximum absolute atomic E-state index is 10.6. The molecule has 0 saturated carbocycles. The summed E-state index contributed by atoms with van der Waals surface area (Å²) in [4.78, 5) is 13.5. The van der Waals surface area contributed by atoms with Gasteiger partial charge in [-0.05, 0) is 6.42 Å². The highest BCUT2D eigenvalue weighted by Crippen LogP contribution is 2.15. The predicted molar refractivity (Wildman–Crippen MR) is 46.3 cm³/mol. The second-order valence-electron chi connectivity index (χ2n) is 2.58. The zero-order valence-corrected chi connectivity index (χ0v) is 7.94. The summed E-state index contributed by atoms with van der Waals surface area (Å²) in [7, 11) is 0. The maximum atomic E-state index is 10.6. The van der Waals surface area contributed by atoms with Gasteiger partial charge in [0.25, 0.3) is 0 Å². The second kappa shape index (κ2) is 5.14. The lowest BCUT2D eigenvalue weighted by atomic mass is 10.2. The van der Waals surface area contributed by atoms with Gasteiger partial charge >= 0.3 is 11.7 Å². The summed E-state index contributed by atoms with van der Waals surface area (Å²) < 4.78 is 4.80. The number of rotatable bonds is 3. The van der Waals surface area contributed by atoms with Crippen molar-refractivity contribution < 1.29 is 14.6 Å². The minimum Gasteiger partial charge on any atom is -0.505 e. The predicted octanol–water partition coefficient (Wildman–Crippen LogP) is 1.97. The van der Waals surface area contributed by atoms with Gasteiger partial charge in [-0.25, -0.2) is 0 Å². The van der Waals surface area contributed by atoms with E-state index in [1.165, 1.54) is 13.8 Å². The molecule has 1 N–H and O–H groups in total. The minimum absolute atomic E-state index is 0.0160. The topological polar surface area (TPSA) is 74.7 Å². The molecule has 0 aromatic carbocycles. The van der Waals surface area contributed by atoms with E-state index >= 15 is 0 Å². The van der Waals surface area contributed by atoms with Crippen molar-refractivity contribution in [3.63, 3.8) is 0 Å². The standard InChI is InChI=1S/C8H12N2O3/c1-4-7(13-6(3)12)8(10-9)5(2)11/h7H,4H2,1-3H3/p+1/b8-5+. The average molecular weight is 185 g/mol. The molecule has 0 saturated heterocycles. The summed E-state index contributed by atoms with van der Waals surface area (Å²) in [6.07, 6.45) is -0.246. The third kappa shape index (κ3) is 3.56. The summed E-state index contributed by atoms with van der Waals surface area (Å²) in [5.41, 5.74) is -0.0160. The molecule has 0 aliphatic carbocycles. The van der Waals surface area contributed by atoms with E-state index in [0.29, 0.717) is 6.42 Å². The number of esters is 1. The van der Waals surface area contributed by atoms with Crippen molar-refractivity contribution in [2.45, 2.75) is 33.3 Å². The number of diazo groups is 1. The molecule has 0 radical (unpaired) electrons. The molecule has 13 heavy (non-hydrogen) atoms. The van der Waals surface area contributed by atoms with Crippen molar-refractivity contribution >= 4 is 5.97 Å². The van der Waals surface area contributed by atoms with Crippen LogP contribution in [0.5, 0.6) is 0 Å². The number of carbonyl (C=O) groups is 1. The van der Waals surface area contributed by atoms with Crippen LogP contribution in [0.1, 0.15) is 27.2 Å². The van der Waals surface area contributed by atoms with Gasteiger partial charge in [-0.15, -0.1) is 0 Å². The van der Waals surface area contributed by atoms with E-state index in [2.05, 4.69) is 4.98 Å². The molecule has 1 unspecified atom stereocenters. The van der Waals surface area contributed by atoms with Crippen LogP contribution in [0.3, 0.4) is 0 Å². The van der Waals surface area contributed by atoms with E-state index in [0.717, 1.165) is 0 Å². The van der Waals surface area contributed by atoms with Crippen LogP contribution < -0.4 is 0 Å². The van der Waals surface area contributed by atoms with Crippen LogP contribution in [0, 0.1) is 5.39 Å². The molecule has 0 heterocycles. The largest absolute Gasteiger partial charge is 0.505 e. The molecule has 0 aliphatic heterocycles. The van der Waals surface area contributed by atoms with Gasteiger partial charge in [-0.1, -0.05) is 6.92 Å². The first-order valence-electron chi connectivity index (χ1n) is 3.95. The van der Waals surface area contributed by atoms with E-state index in [1.807, 2.05) is 0 Å². The number of carbonyl (C=O) groups excluding carboxylic acids is 1. The molecule has 0 spiro atoms. The first kappa shape index (κ1) is 11.4. The molecule has 0 amide bonds. The van der Waals surface area contributed by atoms with Gasteiger partial charge in [0.1, 0.15) is 0 Å². The highest BCUT2D eigenvalue weighted by molar-refractivity contribution is 5.66. The third-order valence-corrected chi connectivity index (χ3v) is 1.46. The molecule has 0 aromatic rings. The molecular weight excluding hydrogens is 172 g/mol. The van der Waals surface area contributed by atoms with Gasteiger partial charge in [0, 0.05) is 13.8 Å². The summed E-state index contributed by atoms with van der Waals surface area (Å²) in [5.74, 6) is -0.634. The van der Waals surface area contributed by atoms with Crippen molar-refractivity contribution in [3.8, 4) is 0 Å². The number of hydrogen-bond donors (Lipinski definition) is 1. The van der Waals surface area contributed by atoms with Gasteiger partial charge in [-0.2, -0.15) is 0 Å². The number of nitrogens with zero attached hydrogens (tertiary/aromatic N) is 2. The van der Waals surface area contributed by atoms with Gasteiger partial charge < -0.3 is 9.84 Å². The van der Waals surface area contributed by atoms with Gasteiger partial charge in [0.05, 0.1) is 0 Å². The Bertz CT molecular complexity index is 261. The maximum Gasteiger partial charge on any atom is 0.437 e. The number of aliphatic hydroxyl groups excluding tert-OH is 1. The van der Waals surface area contributed by atoms with E-state index in [-0.39, 0.29) is 11.5 Å². The molecule has 5 heteroatoms. The van der Waals surface area contributed by atoms with E-state index in [9.17, 15) is 4.79 Å². The molecule has 0 fully saturated rings. The Morgan fingerprint density at radius 3 is 2.38 bits per heavy atom. The average Bonchev–Trinajstić information content (AvgIpc) is 2.02. The van der Waals surface area contributed by atoms with Crippen LogP contribution >= 0.6 is 0 Å². The lowest BCUT2D eigenvalue weighted by Gasteiger charge is -2.06. The highest BCUT2D eigenvalue weighted by atomic mass is 16.5. The monoisotopic (exact) mass is 185 g/mol. The Morgan fingerprint density at radius 1 is 1.62 bits per heavy atom. The zero-order valence-electron chi connectivity index (χ0n) is 7.94. The Morgan fingerprint density at radius 2 is 2.15 bits per heavy atom. The van der Waals surface area contributed by atoms with Gasteiger partial charge in [0.15, 0.2) is 10.7 Å². The van der Waals surface area contributed by atoms with Crippen LogP contribution in [-0.4, -0.2) is 17.2 Å². The second-order valence-corrected chi connectivity index (χ2v) is 2.58. The lowest BCUT2D eigenvalue weighted by molar-refractivity contribution is -0.144. The number of hydrogen-bond acceptors (Lipinski definition) is 4. The van der Waals surface area contributed by atoms with Gasteiger partial charge in [0.2, 0.25) is 11.5 Å². The fourth-order valence-corrected chi connectivity index (χ4v) is 0.903. The molecule has 72 valence electrons. The van der Waals surface area contributed by atoms with Crippen molar-refractivity contribution in [2.24, 2.45) is 0 Å². The number of ether oxygens (including phenoxy) is 1. The quantitative estimate of drug-likeness (QED) is 0.414. The van der Waals surface area contributed by atoms with Crippen LogP contribution in [0.15, 0.2) is 11.5 Å². The summed E-state index contributed by atoms with van der Waals surface area (Å²) >= 11 is 0. The van der Waals surface area contributed by atoms with Gasteiger partial charge in [-0.3, -0.25) is 4.79 Å². The van der Waals surface area contributed by atoms with Crippen molar-refractivity contribution in [1.29, 1.82) is 5.39 Å². The smallest absolute Gasteiger partial charge is 0.437 e. The molecular formula is C8H13N2O3+. The first-order valence-corrected chi connectivity index (χ1v) is 3.95. The summed E-state index contributed by atoms with van der Waals surface area (Å²) in [6.45, 7) is 4.37. The van der Waals surface area contributed by atoms with Crippen molar-refractivity contribution in [1.82, 2.24) is 0 Å². The molecule has 0 aromatic heterocycles. The first-order chi connectivity index (χ1) is 6.02.